The van der Waals surface area contributed by atoms with Gasteiger partial charge in [-0.2, -0.15) is 0 Å². The molecule has 3 aromatic rings. The van der Waals surface area contributed by atoms with E-state index >= 15 is 0 Å². The summed E-state index contributed by atoms with van der Waals surface area (Å²) in [6, 6.07) is 17.1. The van der Waals surface area contributed by atoms with Crippen LogP contribution in [0.3, 0.4) is 0 Å². The predicted octanol–water partition coefficient (Wildman–Crippen LogP) is 5.13. The number of pyridine rings is 1. The van der Waals surface area contributed by atoms with Crippen molar-refractivity contribution in [3.63, 3.8) is 0 Å². The highest BCUT2D eigenvalue weighted by Crippen LogP contribution is 2.30. The summed E-state index contributed by atoms with van der Waals surface area (Å²) in [6.07, 6.45) is 4.40. The van der Waals surface area contributed by atoms with Gasteiger partial charge in [0, 0.05) is 60.2 Å². The molecule has 0 spiro atoms. The van der Waals surface area contributed by atoms with E-state index in [2.05, 4.69) is 34.1 Å². The molecule has 0 bridgehead atoms. The van der Waals surface area contributed by atoms with Gasteiger partial charge < -0.3 is 25.4 Å². The van der Waals surface area contributed by atoms with Crippen LogP contribution >= 0.6 is 0 Å². The summed E-state index contributed by atoms with van der Waals surface area (Å²) in [6.45, 7) is 0. The number of methoxy groups -OCH3 is 2. The van der Waals surface area contributed by atoms with Gasteiger partial charge in [0.1, 0.15) is 17.3 Å². The van der Waals surface area contributed by atoms with Crippen LogP contribution in [0.1, 0.15) is 25.7 Å². The van der Waals surface area contributed by atoms with Crippen molar-refractivity contribution in [2.45, 2.75) is 37.8 Å². The van der Waals surface area contributed by atoms with Gasteiger partial charge in [0.05, 0.1) is 19.7 Å². The standard InChI is InChI=1S/C24H30N4O2/c1-25-23-15-24(28-22-7-5-4-6-21(22)23)27-17-10-8-16(9-11-17)26-18-12-19(29-2)14-20(13-18)30-3/h4-7,12-17,26H,8-11H2,1-3H3,(H2,25,27,28). The zero-order valence-electron chi connectivity index (χ0n) is 17.9. The predicted molar refractivity (Wildman–Crippen MR) is 124 cm³/mol. The van der Waals surface area contributed by atoms with E-state index in [0.29, 0.717) is 12.1 Å². The summed E-state index contributed by atoms with van der Waals surface area (Å²) in [4.78, 5) is 4.81. The molecule has 4 rings (SSSR count). The Kier molecular flexibility index (Phi) is 6.12. The Morgan fingerprint density at radius 1 is 0.833 bits per heavy atom. The van der Waals surface area contributed by atoms with Gasteiger partial charge >= 0.3 is 0 Å². The zero-order chi connectivity index (χ0) is 20.9. The molecule has 0 aliphatic heterocycles. The second kappa shape index (κ2) is 9.11. The van der Waals surface area contributed by atoms with Gasteiger partial charge in [0.15, 0.2) is 0 Å². The molecule has 0 unspecified atom stereocenters. The Bertz CT molecular complexity index is 977. The van der Waals surface area contributed by atoms with E-state index < -0.39 is 0 Å². The number of fused-ring (bicyclic) bond motifs is 1. The van der Waals surface area contributed by atoms with E-state index in [1.54, 1.807) is 14.2 Å². The molecule has 1 saturated carbocycles. The Morgan fingerprint density at radius 3 is 2.10 bits per heavy atom. The lowest BCUT2D eigenvalue weighted by Gasteiger charge is -2.31. The molecule has 1 heterocycles. The van der Waals surface area contributed by atoms with Gasteiger partial charge in [-0.05, 0) is 31.7 Å². The third-order valence-electron chi connectivity index (χ3n) is 5.79. The average molecular weight is 407 g/mol. The van der Waals surface area contributed by atoms with Crippen LogP contribution in [-0.2, 0) is 0 Å². The maximum atomic E-state index is 5.38. The molecule has 0 radical (unpaired) electrons. The van der Waals surface area contributed by atoms with Crippen molar-refractivity contribution in [3.05, 3.63) is 48.5 Å². The van der Waals surface area contributed by atoms with Gasteiger partial charge in [-0.15, -0.1) is 0 Å². The molecule has 158 valence electrons. The molecular formula is C24H30N4O2. The van der Waals surface area contributed by atoms with Crippen LogP contribution in [0.4, 0.5) is 17.2 Å². The number of nitrogens with zero attached hydrogens (tertiary/aromatic N) is 1. The van der Waals surface area contributed by atoms with Gasteiger partial charge in [-0.3, -0.25) is 0 Å². The normalized spacial score (nSPS) is 18.6. The van der Waals surface area contributed by atoms with E-state index in [1.807, 2.05) is 37.4 Å². The Labute approximate surface area is 178 Å². The largest absolute Gasteiger partial charge is 0.497 e. The fourth-order valence-electron chi connectivity index (χ4n) is 4.17. The first-order valence-corrected chi connectivity index (χ1v) is 10.5. The fourth-order valence-corrected chi connectivity index (χ4v) is 4.17. The van der Waals surface area contributed by atoms with Crippen molar-refractivity contribution in [2.24, 2.45) is 0 Å². The lowest BCUT2D eigenvalue weighted by Crippen LogP contribution is -2.32. The Morgan fingerprint density at radius 2 is 1.47 bits per heavy atom. The van der Waals surface area contributed by atoms with Gasteiger partial charge in [-0.25, -0.2) is 4.98 Å². The van der Waals surface area contributed by atoms with Gasteiger partial charge in [0.2, 0.25) is 0 Å². The maximum absolute atomic E-state index is 5.38. The molecule has 0 amide bonds. The second-order valence-corrected chi connectivity index (χ2v) is 7.76. The number of aromatic nitrogens is 1. The number of para-hydroxylation sites is 1. The summed E-state index contributed by atoms with van der Waals surface area (Å²) < 4.78 is 10.8. The number of rotatable bonds is 7. The number of hydrogen-bond acceptors (Lipinski definition) is 6. The van der Waals surface area contributed by atoms with Crippen LogP contribution in [0.25, 0.3) is 10.9 Å². The van der Waals surface area contributed by atoms with Crippen molar-refractivity contribution in [1.82, 2.24) is 4.98 Å². The monoisotopic (exact) mass is 406 g/mol. The molecule has 1 fully saturated rings. The number of nitrogens with one attached hydrogen (secondary N) is 3. The summed E-state index contributed by atoms with van der Waals surface area (Å²) in [5.41, 5.74) is 3.15. The molecule has 2 aromatic carbocycles. The van der Waals surface area contributed by atoms with Crippen LogP contribution < -0.4 is 25.4 Å². The molecule has 30 heavy (non-hydrogen) atoms. The lowest BCUT2D eigenvalue weighted by atomic mass is 9.91. The van der Waals surface area contributed by atoms with Crippen LogP contribution in [0.2, 0.25) is 0 Å². The summed E-state index contributed by atoms with van der Waals surface area (Å²) in [7, 11) is 5.31. The van der Waals surface area contributed by atoms with Crippen LogP contribution in [0.5, 0.6) is 11.5 Å². The van der Waals surface area contributed by atoms with E-state index in [-0.39, 0.29) is 0 Å². The molecule has 1 aliphatic rings. The molecule has 0 atom stereocenters. The third kappa shape index (κ3) is 4.53. The molecule has 6 nitrogen and oxygen atoms in total. The number of benzene rings is 2. The van der Waals surface area contributed by atoms with E-state index in [1.165, 1.54) is 0 Å². The minimum atomic E-state index is 0.432. The van der Waals surface area contributed by atoms with Crippen molar-refractivity contribution in [1.29, 1.82) is 0 Å². The molecule has 1 aliphatic carbocycles. The van der Waals surface area contributed by atoms with E-state index in [0.717, 1.165) is 65.3 Å². The summed E-state index contributed by atoms with van der Waals surface area (Å²) in [5, 5.41) is 11.7. The fraction of sp³-hybridized carbons (Fsp3) is 0.375. The van der Waals surface area contributed by atoms with Crippen molar-refractivity contribution in [3.8, 4) is 11.5 Å². The first kappa shape index (κ1) is 20.1. The van der Waals surface area contributed by atoms with Gasteiger partial charge in [0.25, 0.3) is 0 Å². The highest BCUT2D eigenvalue weighted by molar-refractivity contribution is 5.92. The summed E-state index contributed by atoms with van der Waals surface area (Å²) >= 11 is 0. The highest BCUT2D eigenvalue weighted by Gasteiger charge is 2.22. The maximum Gasteiger partial charge on any atom is 0.128 e. The summed E-state index contributed by atoms with van der Waals surface area (Å²) in [5.74, 6) is 2.54. The van der Waals surface area contributed by atoms with Crippen molar-refractivity contribution < 1.29 is 9.47 Å². The lowest BCUT2D eigenvalue weighted by molar-refractivity contribution is 0.394. The second-order valence-electron chi connectivity index (χ2n) is 7.76. The van der Waals surface area contributed by atoms with Crippen LogP contribution in [-0.4, -0.2) is 38.3 Å². The minimum Gasteiger partial charge on any atom is -0.497 e. The minimum absolute atomic E-state index is 0.432. The molecule has 3 N–H and O–H groups in total. The third-order valence-corrected chi connectivity index (χ3v) is 5.79. The van der Waals surface area contributed by atoms with E-state index in [4.69, 9.17) is 14.5 Å². The quantitative estimate of drug-likeness (QED) is 0.505. The number of anilines is 3. The number of ether oxygens (including phenoxy) is 2. The first-order valence-electron chi connectivity index (χ1n) is 10.5. The number of hydrogen-bond donors (Lipinski definition) is 3. The molecule has 1 aromatic heterocycles. The van der Waals surface area contributed by atoms with Crippen molar-refractivity contribution in [2.75, 3.05) is 37.2 Å². The molecule has 6 heteroatoms. The highest BCUT2D eigenvalue weighted by atomic mass is 16.5. The SMILES string of the molecule is CNc1cc(NC2CCC(Nc3cc(OC)cc(OC)c3)CC2)nc2ccccc12. The zero-order valence-corrected chi connectivity index (χ0v) is 17.9. The van der Waals surface area contributed by atoms with Crippen molar-refractivity contribution >= 4 is 28.1 Å². The van der Waals surface area contributed by atoms with Gasteiger partial charge in [-0.1, -0.05) is 18.2 Å². The Balaban J connectivity index is 1.38. The van der Waals surface area contributed by atoms with Crippen LogP contribution in [0, 0.1) is 0 Å². The van der Waals surface area contributed by atoms with E-state index in [9.17, 15) is 0 Å². The Hall–Kier alpha value is -3.15. The topological polar surface area (TPSA) is 67.4 Å². The first-order chi connectivity index (χ1) is 14.7. The van der Waals surface area contributed by atoms with Crippen LogP contribution in [0.15, 0.2) is 48.5 Å². The smallest absolute Gasteiger partial charge is 0.128 e. The molecular weight excluding hydrogens is 376 g/mol. The molecule has 0 saturated heterocycles. The average Bonchev–Trinajstić information content (AvgIpc) is 2.79.